The van der Waals surface area contributed by atoms with Crippen molar-refractivity contribution in [1.29, 1.82) is 0 Å². The molecule has 0 saturated heterocycles. The fourth-order valence-electron chi connectivity index (χ4n) is 3.55. The summed E-state index contributed by atoms with van der Waals surface area (Å²) < 4.78 is 5.95. The summed E-state index contributed by atoms with van der Waals surface area (Å²) >= 11 is 0. The summed E-state index contributed by atoms with van der Waals surface area (Å²) in [5, 5.41) is 3.24. The van der Waals surface area contributed by atoms with Crippen LogP contribution in [-0.2, 0) is 4.79 Å². The van der Waals surface area contributed by atoms with Gasteiger partial charge >= 0.3 is 0 Å². The molecule has 1 aliphatic heterocycles. The average molecular weight is 293 g/mol. The molecule has 1 N–H and O–H groups in total. The van der Waals surface area contributed by atoms with E-state index in [1.807, 2.05) is 48.5 Å². The molecule has 2 aromatic carbocycles. The van der Waals surface area contributed by atoms with Gasteiger partial charge < -0.3 is 10.1 Å². The van der Waals surface area contributed by atoms with Gasteiger partial charge in [-0.3, -0.25) is 4.79 Å². The number of hydrogen-bond acceptors (Lipinski definition) is 2. The zero-order valence-corrected chi connectivity index (χ0v) is 12.4. The predicted molar refractivity (Wildman–Crippen MR) is 85.2 cm³/mol. The lowest BCUT2D eigenvalue weighted by Gasteiger charge is -2.28. The molecule has 22 heavy (non-hydrogen) atoms. The third-order valence-corrected chi connectivity index (χ3v) is 4.64. The number of benzene rings is 2. The Labute approximate surface area is 130 Å². The molecule has 112 valence electrons. The number of fused-ring (bicyclic) bond motifs is 2. The van der Waals surface area contributed by atoms with Crippen LogP contribution in [0.2, 0.25) is 0 Å². The predicted octanol–water partition coefficient (Wildman–Crippen LogP) is 3.98. The molecule has 1 amide bonds. The Morgan fingerprint density at radius 1 is 0.909 bits per heavy atom. The minimum Gasteiger partial charge on any atom is -0.457 e. The van der Waals surface area contributed by atoms with E-state index in [0.717, 1.165) is 35.5 Å². The van der Waals surface area contributed by atoms with Crippen LogP contribution in [0.4, 0.5) is 0 Å². The third kappa shape index (κ3) is 2.27. The van der Waals surface area contributed by atoms with Crippen LogP contribution in [0.25, 0.3) is 0 Å². The monoisotopic (exact) mass is 293 g/mol. The number of hydrogen-bond donors (Lipinski definition) is 1. The van der Waals surface area contributed by atoms with Gasteiger partial charge in [-0.1, -0.05) is 49.2 Å². The van der Waals surface area contributed by atoms with Gasteiger partial charge in [0.1, 0.15) is 11.5 Å². The summed E-state index contributed by atoms with van der Waals surface area (Å²) in [6.07, 6.45) is 4.62. The molecule has 1 aliphatic carbocycles. The second-order valence-electron chi connectivity index (χ2n) is 6.10. The fourth-order valence-corrected chi connectivity index (χ4v) is 3.55. The maximum Gasteiger partial charge on any atom is 0.232 e. The molecule has 1 fully saturated rings. The number of carbonyl (C=O) groups excluding carboxylic acids is 1. The second-order valence-corrected chi connectivity index (χ2v) is 6.10. The van der Waals surface area contributed by atoms with Crippen molar-refractivity contribution >= 4 is 5.91 Å². The molecular weight excluding hydrogens is 274 g/mol. The van der Waals surface area contributed by atoms with Crippen molar-refractivity contribution < 1.29 is 9.53 Å². The number of para-hydroxylation sites is 2. The smallest absolute Gasteiger partial charge is 0.232 e. The van der Waals surface area contributed by atoms with Crippen molar-refractivity contribution in [2.75, 3.05) is 0 Å². The lowest BCUT2D eigenvalue weighted by atomic mass is 9.87. The molecular formula is C19H19NO2. The van der Waals surface area contributed by atoms with E-state index in [-0.39, 0.29) is 11.8 Å². The first kappa shape index (κ1) is 13.4. The van der Waals surface area contributed by atoms with Crippen LogP contribution in [0.5, 0.6) is 11.5 Å². The van der Waals surface area contributed by atoms with E-state index in [0.29, 0.717) is 6.04 Å². The van der Waals surface area contributed by atoms with Gasteiger partial charge in [0, 0.05) is 17.2 Å². The Balaban J connectivity index is 1.72. The van der Waals surface area contributed by atoms with Gasteiger partial charge in [0.25, 0.3) is 0 Å². The summed E-state index contributed by atoms with van der Waals surface area (Å²) in [6.45, 7) is 0. The molecule has 0 radical (unpaired) electrons. The van der Waals surface area contributed by atoms with E-state index < -0.39 is 0 Å². The minimum atomic E-state index is -0.276. The Morgan fingerprint density at radius 2 is 1.45 bits per heavy atom. The van der Waals surface area contributed by atoms with Crippen LogP contribution in [0, 0.1) is 0 Å². The molecule has 1 saturated carbocycles. The molecule has 0 bridgehead atoms. The van der Waals surface area contributed by atoms with Crippen molar-refractivity contribution in [3.05, 3.63) is 59.7 Å². The minimum absolute atomic E-state index is 0.0927. The van der Waals surface area contributed by atoms with Crippen molar-refractivity contribution in [3.8, 4) is 11.5 Å². The number of carbonyl (C=O) groups is 1. The zero-order chi connectivity index (χ0) is 14.9. The van der Waals surface area contributed by atoms with E-state index in [4.69, 9.17) is 4.74 Å². The average Bonchev–Trinajstić information content (AvgIpc) is 3.05. The summed E-state index contributed by atoms with van der Waals surface area (Å²) in [5.41, 5.74) is 1.91. The van der Waals surface area contributed by atoms with Crippen LogP contribution in [0.3, 0.4) is 0 Å². The van der Waals surface area contributed by atoms with Gasteiger partial charge in [-0.25, -0.2) is 0 Å². The van der Waals surface area contributed by atoms with Crippen molar-refractivity contribution in [2.45, 2.75) is 37.6 Å². The Morgan fingerprint density at radius 3 is 2.05 bits per heavy atom. The number of ether oxygens (including phenoxy) is 1. The van der Waals surface area contributed by atoms with Gasteiger partial charge in [-0.05, 0) is 25.0 Å². The first-order valence-electron chi connectivity index (χ1n) is 7.99. The molecule has 1 heterocycles. The maximum atomic E-state index is 12.9. The topological polar surface area (TPSA) is 38.3 Å². The molecule has 0 spiro atoms. The van der Waals surface area contributed by atoms with Crippen LogP contribution >= 0.6 is 0 Å². The second kappa shape index (κ2) is 5.48. The molecule has 0 aromatic heterocycles. The van der Waals surface area contributed by atoms with E-state index in [9.17, 15) is 4.79 Å². The maximum absolute atomic E-state index is 12.9. The van der Waals surface area contributed by atoms with E-state index in [1.54, 1.807) is 0 Å². The van der Waals surface area contributed by atoms with Crippen molar-refractivity contribution in [2.24, 2.45) is 0 Å². The van der Waals surface area contributed by atoms with Gasteiger partial charge in [-0.15, -0.1) is 0 Å². The molecule has 2 aromatic rings. The van der Waals surface area contributed by atoms with Gasteiger partial charge in [-0.2, -0.15) is 0 Å². The molecule has 2 aliphatic rings. The quantitative estimate of drug-likeness (QED) is 0.909. The Hall–Kier alpha value is -2.29. The molecule has 3 nitrogen and oxygen atoms in total. The normalized spacial score (nSPS) is 17.5. The standard InChI is InChI=1S/C19H19NO2/c21-19(20-13-7-1-2-8-13)18-14-9-3-5-11-16(14)22-17-12-6-4-10-15(17)18/h3-6,9-13,18H,1-2,7-8H2,(H,20,21). The number of rotatable bonds is 2. The zero-order valence-electron chi connectivity index (χ0n) is 12.4. The SMILES string of the molecule is O=C(NC1CCCC1)C1c2ccccc2Oc2ccccc21. The highest BCUT2D eigenvalue weighted by Crippen LogP contribution is 2.44. The van der Waals surface area contributed by atoms with Gasteiger partial charge in [0.05, 0.1) is 5.92 Å². The highest BCUT2D eigenvalue weighted by Gasteiger charge is 2.33. The summed E-state index contributed by atoms with van der Waals surface area (Å²) in [5.74, 6) is 1.39. The largest absolute Gasteiger partial charge is 0.457 e. The van der Waals surface area contributed by atoms with Gasteiger partial charge in [0.2, 0.25) is 5.91 Å². The lowest BCUT2D eigenvalue weighted by molar-refractivity contribution is -0.122. The summed E-state index contributed by atoms with van der Waals surface area (Å²) in [6, 6.07) is 16.0. The van der Waals surface area contributed by atoms with E-state index >= 15 is 0 Å². The van der Waals surface area contributed by atoms with Crippen molar-refractivity contribution in [3.63, 3.8) is 0 Å². The summed E-state index contributed by atoms with van der Waals surface area (Å²) in [4.78, 5) is 12.9. The molecule has 0 unspecified atom stereocenters. The van der Waals surface area contributed by atoms with E-state index in [2.05, 4.69) is 5.32 Å². The van der Waals surface area contributed by atoms with Crippen LogP contribution in [-0.4, -0.2) is 11.9 Å². The highest BCUT2D eigenvalue weighted by atomic mass is 16.5. The van der Waals surface area contributed by atoms with Crippen LogP contribution in [0.1, 0.15) is 42.7 Å². The molecule has 0 atom stereocenters. The first-order chi connectivity index (χ1) is 10.8. The molecule has 4 rings (SSSR count). The van der Waals surface area contributed by atoms with Crippen molar-refractivity contribution in [1.82, 2.24) is 5.32 Å². The third-order valence-electron chi connectivity index (χ3n) is 4.64. The first-order valence-corrected chi connectivity index (χ1v) is 7.99. The Bertz CT molecular complexity index is 659. The van der Waals surface area contributed by atoms with Gasteiger partial charge in [0.15, 0.2) is 0 Å². The summed E-state index contributed by atoms with van der Waals surface area (Å²) in [7, 11) is 0. The molecule has 3 heteroatoms. The van der Waals surface area contributed by atoms with Crippen LogP contribution < -0.4 is 10.1 Å². The number of amides is 1. The van der Waals surface area contributed by atoms with E-state index in [1.165, 1.54) is 12.8 Å². The Kier molecular flexibility index (Phi) is 3.34. The lowest BCUT2D eigenvalue weighted by Crippen LogP contribution is -2.37. The highest BCUT2D eigenvalue weighted by molar-refractivity contribution is 5.89. The van der Waals surface area contributed by atoms with Crippen LogP contribution in [0.15, 0.2) is 48.5 Å². The fraction of sp³-hybridized carbons (Fsp3) is 0.316. The number of nitrogens with one attached hydrogen (secondary N) is 1.